The average Bonchev–Trinajstić information content (AvgIpc) is 3.46. The molecule has 1 saturated heterocycles. The Kier molecular flexibility index (Phi) is 5.57. The third-order valence-electron chi connectivity index (χ3n) is 4.88. The van der Waals surface area contributed by atoms with E-state index in [2.05, 4.69) is 15.5 Å². The molecule has 1 aromatic carbocycles. The molecular weight excluding hydrogens is 398 g/mol. The van der Waals surface area contributed by atoms with Crippen LogP contribution in [0.4, 0.5) is 16.4 Å². The van der Waals surface area contributed by atoms with Crippen molar-refractivity contribution in [3.05, 3.63) is 39.7 Å². The molecule has 4 rings (SSSR count). The maximum absolute atomic E-state index is 12.9. The molecule has 2 amide bonds. The van der Waals surface area contributed by atoms with Crippen molar-refractivity contribution < 1.29 is 14.3 Å². The standard InChI is InChI=1S/C20H22ClN3O3S/c1-12-10-17(23-19(25)13-2-3-13)28-18(12)20(26)22-15-11-14(21)4-5-16(15)24-6-8-27-9-7-24/h4-5,10-11,13H,2-3,6-9H2,1H3,(H,22,26)(H,23,25). The SMILES string of the molecule is Cc1cc(NC(=O)C2CC2)sc1C(=O)Nc1cc(Cl)ccc1N1CCOCC1. The average molecular weight is 420 g/mol. The second kappa shape index (κ2) is 8.11. The second-order valence-corrected chi connectivity index (χ2v) is 8.59. The van der Waals surface area contributed by atoms with Crippen molar-refractivity contribution in [2.24, 2.45) is 5.92 Å². The van der Waals surface area contributed by atoms with Gasteiger partial charge in [-0.3, -0.25) is 9.59 Å². The normalized spacial score (nSPS) is 16.7. The minimum atomic E-state index is -0.203. The Balaban J connectivity index is 1.52. The summed E-state index contributed by atoms with van der Waals surface area (Å²) in [5.74, 6) is -0.0360. The Bertz CT molecular complexity index is 904. The quantitative estimate of drug-likeness (QED) is 0.763. The van der Waals surface area contributed by atoms with E-state index in [1.54, 1.807) is 6.07 Å². The Morgan fingerprint density at radius 2 is 1.93 bits per heavy atom. The summed E-state index contributed by atoms with van der Waals surface area (Å²) in [6, 6.07) is 7.36. The number of nitrogens with zero attached hydrogens (tertiary/aromatic N) is 1. The van der Waals surface area contributed by atoms with Crippen LogP contribution >= 0.6 is 22.9 Å². The van der Waals surface area contributed by atoms with E-state index in [4.69, 9.17) is 16.3 Å². The maximum Gasteiger partial charge on any atom is 0.266 e. The number of hydrogen-bond acceptors (Lipinski definition) is 5. The van der Waals surface area contributed by atoms with Gasteiger partial charge in [-0.1, -0.05) is 11.6 Å². The van der Waals surface area contributed by atoms with Gasteiger partial charge in [0, 0.05) is 24.0 Å². The zero-order valence-electron chi connectivity index (χ0n) is 15.6. The van der Waals surface area contributed by atoms with Crippen molar-refractivity contribution >= 4 is 51.1 Å². The Labute approximate surface area is 172 Å². The van der Waals surface area contributed by atoms with Gasteiger partial charge in [0.2, 0.25) is 5.91 Å². The van der Waals surface area contributed by atoms with Crippen molar-refractivity contribution in [1.29, 1.82) is 0 Å². The molecule has 2 aromatic rings. The molecule has 0 atom stereocenters. The molecule has 8 heteroatoms. The molecule has 1 aliphatic heterocycles. The van der Waals surface area contributed by atoms with E-state index in [1.165, 1.54) is 11.3 Å². The molecule has 2 heterocycles. The predicted octanol–water partition coefficient (Wildman–Crippen LogP) is 4.15. The molecule has 0 radical (unpaired) electrons. The fraction of sp³-hybridized carbons (Fsp3) is 0.400. The monoisotopic (exact) mass is 419 g/mol. The second-order valence-electron chi connectivity index (χ2n) is 7.10. The van der Waals surface area contributed by atoms with E-state index in [0.717, 1.165) is 37.2 Å². The van der Waals surface area contributed by atoms with E-state index in [9.17, 15) is 9.59 Å². The van der Waals surface area contributed by atoms with Crippen molar-refractivity contribution in [3.63, 3.8) is 0 Å². The van der Waals surface area contributed by atoms with Crippen LogP contribution in [0.25, 0.3) is 0 Å². The lowest BCUT2D eigenvalue weighted by Gasteiger charge is -2.30. The first-order valence-corrected chi connectivity index (χ1v) is 10.6. The number of hydrogen-bond donors (Lipinski definition) is 2. The van der Waals surface area contributed by atoms with E-state index in [0.29, 0.717) is 33.8 Å². The number of carbonyl (C=O) groups excluding carboxylic acids is 2. The summed E-state index contributed by atoms with van der Waals surface area (Å²) < 4.78 is 5.42. The number of benzene rings is 1. The number of thiophene rings is 1. The molecule has 0 unspecified atom stereocenters. The van der Waals surface area contributed by atoms with Crippen LogP contribution in [0, 0.1) is 12.8 Å². The number of amides is 2. The molecule has 28 heavy (non-hydrogen) atoms. The highest BCUT2D eigenvalue weighted by Crippen LogP contribution is 2.34. The first-order valence-electron chi connectivity index (χ1n) is 9.36. The van der Waals surface area contributed by atoms with Crippen LogP contribution in [0.15, 0.2) is 24.3 Å². The van der Waals surface area contributed by atoms with Crippen molar-refractivity contribution in [2.75, 3.05) is 41.8 Å². The largest absolute Gasteiger partial charge is 0.378 e. The lowest BCUT2D eigenvalue weighted by atomic mass is 10.2. The molecule has 1 aliphatic carbocycles. The molecule has 2 aliphatic rings. The van der Waals surface area contributed by atoms with Crippen molar-refractivity contribution in [3.8, 4) is 0 Å². The molecule has 6 nitrogen and oxygen atoms in total. The van der Waals surface area contributed by atoms with Crippen LogP contribution in [-0.4, -0.2) is 38.1 Å². The van der Waals surface area contributed by atoms with Gasteiger partial charge < -0.3 is 20.3 Å². The predicted molar refractivity (Wildman–Crippen MR) is 113 cm³/mol. The zero-order valence-corrected chi connectivity index (χ0v) is 17.2. The van der Waals surface area contributed by atoms with Gasteiger partial charge in [0.25, 0.3) is 5.91 Å². The van der Waals surface area contributed by atoms with Crippen LogP contribution < -0.4 is 15.5 Å². The fourth-order valence-corrected chi connectivity index (χ4v) is 4.35. The van der Waals surface area contributed by atoms with Gasteiger partial charge in [-0.2, -0.15) is 0 Å². The third-order valence-corrected chi connectivity index (χ3v) is 6.26. The number of carbonyl (C=O) groups is 2. The summed E-state index contributed by atoms with van der Waals surface area (Å²) in [4.78, 5) is 27.7. The van der Waals surface area contributed by atoms with Gasteiger partial charge in [0.15, 0.2) is 0 Å². The first-order chi connectivity index (χ1) is 13.5. The van der Waals surface area contributed by atoms with Crippen LogP contribution in [0.1, 0.15) is 28.1 Å². The summed E-state index contributed by atoms with van der Waals surface area (Å²) in [7, 11) is 0. The van der Waals surface area contributed by atoms with E-state index >= 15 is 0 Å². The Morgan fingerprint density at radius 3 is 2.64 bits per heavy atom. The minimum Gasteiger partial charge on any atom is -0.378 e. The van der Waals surface area contributed by atoms with Gasteiger partial charge in [-0.15, -0.1) is 11.3 Å². The molecule has 1 saturated carbocycles. The molecule has 148 valence electrons. The van der Waals surface area contributed by atoms with E-state index in [-0.39, 0.29) is 17.7 Å². The summed E-state index contributed by atoms with van der Waals surface area (Å²) in [5.41, 5.74) is 2.44. The lowest BCUT2D eigenvalue weighted by molar-refractivity contribution is -0.117. The summed E-state index contributed by atoms with van der Waals surface area (Å²) >= 11 is 7.47. The highest BCUT2D eigenvalue weighted by atomic mass is 35.5. The van der Waals surface area contributed by atoms with Gasteiger partial charge in [0.1, 0.15) is 0 Å². The number of rotatable bonds is 5. The third kappa shape index (κ3) is 4.32. The van der Waals surface area contributed by atoms with Gasteiger partial charge >= 0.3 is 0 Å². The lowest BCUT2D eigenvalue weighted by Crippen LogP contribution is -2.36. The molecular formula is C20H22ClN3O3S. The van der Waals surface area contributed by atoms with E-state index < -0.39 is 0 Å². The van der Waals surface area contributed by atoms with Gasteiger partial charge in [-0.25, -0.2) is 0 Å². The summed E-state index contributed by atoms with van der Waals surface area (Å²) in [5, 5.41) is 7.18. The molecule has 1 aromatic heterocycles. The summed E-state index contributed by atoms with van der Waals surface area (Å²) in [6.07, 6.45) is 1.89. The highest BCUT2D eigenvalue weighted by Gasteiger charge is 2.30. The highest BCUT2D eigenvalue weighted by molar-refractivity contribution is 7.18. The number of aryl methyl sites for hydroxylation is 1. The number of nitrogens with one attached hydrogen (secondary N) is 2. The topological polar surface area (TPSA) is 70.7 Å². The van der Waals surface area contributed by atoms with E-state index in [1.807, 2.05) is 25.1 Å². The number of halogens is 1. The molecule has 0 bridgehead atoms. The fourth-order valence-electron chi connectivity index (χ4n) is 3.21. The van der Waals surface area contributed by atoms with Gasteiger partial charge in [-0.05, 0) is 49.6 Å². The Hall–Kier alpha value is -2.09. The van der Waals surface area contributed by atoms with Crippen molar-refractivity contribution in [1.82, 2.24) is 0 Å². The van der Waals surface area contributed by atoms with Crippen molar-refractivity contribution in [2.45, 2.75) is 19.8 Å². The Morgan fingerprint density at radius 1 is 1.18 bits per heavy atom. The summed E-state index contributed by atoms with van der Waals surface area (Å²) in [6.45, 7) is 4.72. The molecule has 2 N–H and O–H groups in total. The van der Waals surface area contributed by atoms with Crippen LogP contribution in [0.3, 0.4) is 0 Å². The molecule has 0 spiro atoms. The smallest absolute Gasteiger partial charge is 0.266 e. The number of ether oxygens (including phenoxy) is 1. The number of morpholine rings is 1. The van der Waals surface area contributed by atoms with Crippen LogP contribution in [-0.2, 0) is 9.53 Å². The first kappa shape index (κ1) is 19.2. The van der Waals surface area contributed by atoms with Crippen LogP contribution in [0.2, 0.25) is 5.02 Å². The van der Waals surface area contributed by atoms with Gasteiger partial charge in [0.05, 0.1) is 34.5 Å². The zero-order chi connectivity index (χ0) is 19.7. The van der Waals surface area contributed by atoms with Crippen LogP contribution in [0.5, 0.6) is 0 Å². The number of anilines is 3. The molecule has 2 fully saturated rings. The minimum absolute atomic E-state index is 0.0395. The maximum atomic E-state index is 12.9.